The number of aliphatic hydroxyl groups is 1. The predicted molar refractivity (Wildman–Crippen MR) is 82.3 cm³/mol. The molecule has 1 heterocycles. The highest BCUT2D eigenvalue weighted by Crippen LogP contribution is 2.28. The van der Waals surface area contributed by atoms with Crippen molar-refractivity contribution < 1.29 is 9.84 Å². The molecule has 0 amide bonds. The van der Waals surface area contributed by atoms with Crippen molar-refractivity contribution in [2.45, 2.75) is 25.5 Å². The lowest BCUT2D eigenvalue weighted by atomic mass is 10.1. The van der Waals surface area contributed by atoms with Crippen LogP contribution in [-0.2, 0) is 0 Å². The molecular weight excluding hydrogens is 254 g/mol. The molecular formula is C15H25N3O2. The lowest BCUT2D eigenvalue weighted by molar-refractivity contribution is 0.120. The minimum absolute atomic E-state index is 0.275. The summed E-state index contributed by atoms with van der Waals surface area (Å²) < 4.78 is 5.19. The summed E-state index contributed by atoms with van der Waals surface area (Å²) in [6, 6.07) is 6.28. The second kappa shape index (κ2) is 6.33. The zero-order valence-electron chi connectivity index (χ0n) is 12.5. The molecule has 0 saturated carbocycles. The van der Waals surface area contributed by atoms with E-state index in [-0.39, 0.29) is 6.10 Å². The van der Waals surface area contributed by atoms with Gasteiger partial charge in [0.2, 0.25) is 0 Å². The molecule has 0 aliphatic carbocycles. The largest absolute Gasteiger partial charge is 0.495 e. The maximum atomic E-state index is 9.61. The van der Waals surface area contributed by atoms with Crippen LogP contribution in [0.1, 0.15) is 13.3 Å². The number of piperazine rings is 1. The van der Waals surface area contributed by atoms with Crippen LogP contribution in [0, 0.1) is 0 Å². The van der Waals surface area contributed by atoms with Gasteiger partial charge in [-0.1, -0.05) is 0 Å². The maximum absolute atomic E-state index is 9.61. The minimum atomic E-state index is -0.275. The van der Waals surface area contributed by atoms with Gasteiger partial charge in [-0.15, -0.1) is 0 Å². The topological polar surface area (TPSA) is 62.0 Å². The average Bonchev–Trinajstić information content (AvgIpc) is 2.40. The van der Waals surface area contributed by atoms with E-state index in [1.54, 1.807) is 7.11 Å². The van der Waals surface area contributed by atoms with E-state index >= 15 is 0 Å². The molecule has 0 radical (unpaired) electrons. The molecule has 2 unspecified atom stereocenters. The zero-order chi connectivity index (χ0) is 14.7. The quantitative estimate of drug-likeness (QED) is 0.810. The van der Waals surface area contributed by atoms with Gasteiger partial charge in [0.05, 0.1) is 18.9 Å². The van der Waals surface area contributed by atoms with Gasteiger partial charge in [-0.05, 0) is 38.6 Å². The van der Waals surface area contributed by atoms with Crippen LogP contribution in [0.2, 0.25) is 0 Å². The number of rotatable bonds is 4. The zero-order valence-corrected chi connectivity index (χ0v) is 12.5. The highest BCUT2D eigenvalue weighted by atomic mass is 16.5. The van der Waals surface area contributed by atoms with Crippen LogP contribution in [0.4, 0.5) is 11.4 Å². The Kier molecular flexibility index (Phi) is 4.73. The van der Waals surface area contributed by atoms with Gasteiger partial charge in [0.1, 0.15) is 5.75 Å². The Bertz CT molecular complexity index is 451. The van der Waals surface area contributed by atoms with Gasteiger partial charge < -0.3 is 20.5 Å². The SMILES string of the molecule is COc1ccc(N2CCN(C)C(CC(C)O)C2)cc1N. The van der Waals surface area contributed by atoms with E-state index < -0.39 is 0 Å². The minimum Gasteiger partial charge on any atom is -0.495 e. The van der Waals surface area contributed by atoms with E-state index in [0.717, 1.165) is 31.7 Å². The number of aliphatic hydroxyl groups excluding tert-OH is 1. The monoisotopic (exact) mass is 279 g/mol. The highest BCUT2D eigenvalue weighted by Gasteiger charge is 2.25. The summed E-state index contributed by atoms with van der Waals surface area (Å²) in [4.78, 5) is 4.64. The molecule has 2 rings (SSSR count). The third-order valence-corrected chi connectivity index (χ3v) is 3.97. The molecule has 1 saturated heterocycles. The molecule has 1 aliphatic rings. The molecule has 1 aromatic rings. The van der Waals surface area contributed by atoms with Crippen LogP contribution in [-0.4, -0.2) is 55.9 Å². The Morgan fingerprint density at radius 2 is 2.20 bits per heavy atom. The van der Waals surface area contributed by atoms with Crippen molar-refractivity contribution in [3.05, 3.63) is 18.2 Å². The highest BCUT2D eigenvalue weighted by molar-refractivity contribution is 5.63. The van der Waals surface area contributed by atoms with Crippen molar-refractivity contribution in [2.75, 3.05) is 44.4 Å². The van der Waals surface area contributed by atoms with E-state index in [2.05, 4.69) is 16.8 Å². The number of hydrogen-bond acceptors (Lipinski definition) is 5. The fourth-order valence-corrected chi connectivity index (χ4v) is 2.75. The molecule has 20 heavy (non-hydrogen) atoms. The van der Waals surface area contributed by atoms with Gasteiger partial charge in [-0.2, -0.15) is 0 Å². The molecule has 112 valence electrons. The summed E-state index contributed by atoms with van der Waals surface area (Å²) in [7, 11) is 3.74. The molecule has 5 heteroatoms. The second-order valence-corrected chi connectivity index (χ2v) is 5.59. The van der Waals surface area contributed by atoms with E-state index in [1.807, 2.05) is 25.1 Å². The van der Waals surface area contributed by atoms with E-state index in [1.165, 1.54) is 0 Å². The summed E-state index contributed by atoms with van der Waals surface area (Å²) >= 11 is 0. The van der Waals surface area contributed by atoms with Crippen molar-refractivity contribution in [2.24, 2.45) is 0 Å². The summed E-state index contributed by atoms with van der Waals surface area (Å²) in [6.45, 7) is 4.72. The van der Waals surface area contributed by atoms with Crippen LogP contribution in [0.3, 0.4) is 0 Å². The number of benzene rings is 1. The van der Waals surface area contributed by atoms with Crippen LogP contribution in [0.15, 0.2) is 18.2 Å². The average molecular weight is 279 g/mol. The number of likely N-dealkylation sites (N-methyl/N-ethyl adjacent to an activating group) is 1. The normalized spacial score (nSPS) is 21.8. The summed E-state index contributed by atoms with van der Waals surface area (Å²) in [6.07, 6.45) is 0.516. The Balaban J connectivity index is 2.10. The summed E-state index contributed by atoms with van der Waals surface area (Å²) in [5, 5.41) is 9.61. The van der Waals surface area contributed by atoms with Crippen molar-refractivity contribution >= 4 is 11.4 Å². The first-order chi connectivity index (χ1) is 9.51. The lowest BCUT2D eigenvalue weighted by Gasteiger charge is -2.41. The molecule has 0 spiro atoms. The van der Waals surface area contributed by atoms with E-state index in [9.17, 15) is 5.11 Å². The van der Waals surface area contributed by atoms with Gasteiger partial charge in [-0.3, -0.25) is 4.90 Å². The van der Waals surface area contributed by atoms with Crippen molar-refractivity contribution in [3.8, 4) is 5.75 Å². The van der Waals surface area contributed by atoms with E-state index in [0.29, 0.717) is 17.5 Å². The molecule has 1 aromatic carbocycles. The first kappa shape index (κ1) is 14.9. The number of ether oxygens (including phenoxy) is 1. The molecule has 0 bridgehead atoms. The van der Waals surface area contributed by atoms with Crippen molar-refractivity contribution in [1.82, 2.24) is 4.90 Å². The molecule has 5 nitrogen and oxygen atoms in total. The Labute approximate surface area is 120 Å². The number of nitrogens with zero attached hydrogens (tertiary/aromatic N) is 2. The third-order valence-electron chi connectivity index (χ3n) is 3.97. The first-order valence-corrected chi connectivity index (χ1v) is 7.08. The molecule has 3 N–H and O–H groups in total. The number of nitrogen functional groups attached to an aromatic ring is 1. The molecule has 1 fully saturated rings. The second-order valence-electron chi connectivity index (χ2n) is 5.59. The smallest absolute Gasteiger partial charge is 0.141 e. The number of nitrogens with two attached hydrogens (primary N) is 1. The molecule has 1 aliphatic heterocycles. The standard InChI is InChI=1S/C15H25N3O2/c1-11(19)8-13-10-18(7-6-17(13)2)12-4-5-15(20-3)14(16)9-12/h4-5,9,11,13,19H,6-8,10,16H2,1-3H3. The number of methoxy groups -OCH3 is 1. The fourth-order valence-electron chi connectivity index (χ4n) is 2.75. The van der Waals surface area contributed by atoms with Gasteiger partial charge in [0.15, 0.2) is 0 Å². The Hall–Kier alpha value is -1.46. The first-order valence-electron chi connectivity index (χ1n) is 7.08. The lowest BCUT2D eigenvalue weighted by Crippen LogP contribution is -2.52. The Morgan fingerprint density at radius 3 is 2.80 bits per heavy atom. The van der Waals surface area contributed by atoms with Gasteiger partial charge >= 0.3 is 0 Å². The van der Waals surface area contributed by atoms with Gasteiger partial charge in [0.25, 0.3) is 0 Å². The summed E-state index contributed by atoms with van der Waals surface area (Å²) in [5.74, 6) is 0.711. The molecule has 0 aromatic heterocycles. The number of anilines is 2. The van der Waals surface area contributed by atoms with Crippen molar-refractivity contribution in [3.63, 3.8) is 0 Å². The fraction of sp³-hybridized carbons (Fsp3) is 0.600. The third kappa shape index (κ3) is 3.35. The van der Waals surface area contributed by atoms with E-state index in [4.69, 9.17) is 10.5 Å². The van der Waals surface area contributed by atoms with Gasteiger partial charge in [0, 0.05) is 31.4 Å². The van der Waals surface area contributed by atoms with Crippen LogP contribution >= 0.6 is 0 Å². The van der Waals surface area contributed by atoms with Crippen LogP contribution in [0.25, 0.3) is 0 Å². The van der Waals surface area contributed by atoms with Crippen LogP contribution < -0.4 is 15.4 Å². The van der Waals surface area contributed by atoms with Crippen molar-refractivity contribution in [1.29, 1.82) is 0 Å². The maximum Gasteiger partial charge on any atom is 0.141 e. The molecule has 2 atom stereocenters. The summed E-state index contributed by atoms with van der Waals surface area (Å²) in [5.41, 5.74) is 7.76. The predicted octanol–water partition coefficient (Wildman–Crippen LogP) is 1.17. The van der Waals surface area contributed by atoms with Crippen LogP contribution in [0.5, 0.6) is 5.75 Å². The Morgan fingerprint density at radius 1 is 1.45 bits per heavy atom. The van der Waals surface area contributed by atoms with Gasteiger partial charge in [-0.25, -0.2) is 0 Å². The number of hydrogen-bond donors (Lipinski definition) is 2.